The second kappa shape index (κ2) is 7.09. The first-order valence-electron chi connectivity index (χ1n) is 5.84. The van der Waals surface area contributed by atoms with E-state index in [4.69, 9.17) is 0 Å². The van der Waals surface area contributed by atoms with Crippen LogP contribution in [-0.2, 0) is 0 Å². The number of hydrogen-bond donors (Lipinski definition) is 1. The zero-order chi connectivity index (χ0) is 13.6. The molecule has 0 bridgehead atoms. The van der Waals surface area contributed by atoms with Crippen LogP contribution in [0.2, 0.25) is 0 Å². The van der Waals surface area contributed by atoms with Gasteiger partial charge in [0.25, 0.3) is 0 Å². The van der Waals surface area contributed by atoms with Crippen LogP contribution in [0.15, 0.2) is 22.8 Å². The number of hydrogen-bond acceptors (Lipinski definition) is 2. The number of halogens is 4. The molecule has 0 fully saturated rings. The topological polar surface area (TPSA) is 24.9 Å². The maximum atomic E-state index is 12.3. The number of nitrogens with zero attached hydrogens (tertiary/aromatic N) is 1. The molecule has 0 aliphatic heterocycles. The molecule has 0 aliphatic rings. The maximum absolute atomic E-state index is 12.3. The smallest absolute Gasteiger partial charge is 0.309 e. The summed E-state index contributed by atoms with van der Waals surface area (Å²) in [5, 5.41) is 3.10. The van der Waals surface area contributed by atoms with Crippen LogP contribution in [0.4, 0.5) is 13.2 Å². The van der Waals surface area contributed by atoms with Crippen molar-refractivity contribution in [3.8, 4) is 0 Å². The lowest BCUT2D eigenvalue weighted by Gasteiger charge is -2.18. The number of aromatic nitrogens is 1. The van der Waals surface area contributed by atoms with Crippen molar-refractivity contribution in [3.05, 3.63) is 28.5 Å². The first-order valence-corrected chi connectivity index (χ1v) is 6.63. The minimum atomic E-state index is -4.12. The molecule has 0 amide bonds. The van der Waals surface area contributed by atoms with Crippen LogP contribution in [0, 0.1) is 0 Å². The molecular weight excluding hydrogens is 309 g/mol. The highest BCUT2D eigenvalue weighted by molar-refractivity contribution is 9.10. The first-order chi connectivity index (χ1) is 8.42. The van der Waals surface area contributed by atoms with Crippen LogP contribution in [0.25, 0.3) is 0 Å². The summed E-state index contributed by atoms with van der Waals surface area (Å²) in [5.74, 6) is 0. The molecule has 2 nitrogen and oxygen atoms in total. The Morgan fingerprint density at radius 1 is 1.39 bits per heavy atom. The van der Waals surface area contributed by atoms with E-state index in [9.17, 15) is 13.2 Å². The molecule has 1 aromatic heterocycles. The monoisotopic (exact) mass is 324 g/mol. The predicted octanol–water partition coefficient (Wildman–Crippen LogP) is 4.23. The second-order valence-electron chi connectivity index (χ2n) is 4.06. The largest absolute Gasteiger partial charge is 0.389 e. The fourth-order valence-corrected chi connectivity index (χ4v) is 1.81. The summed E-state index contributed by atoms with van der Waals surface area (Å²) < 4.78 is 37.6. The highest BCUT2D eigenvalue weighted by Gasteiger charge is 2.28. The summed E-state index contributed by atoms with van der Waals surface area (Å²) in [4.78, 5) is 4.16. The van der Waals surface area contributed by atoms with Gasteiger partial charge >= 0.3 is 6.18 Å². The molecule has 1 atom stereocenters. The molecule has 0 spiro atoms. The SMILES string of the molecule is CCCNC(CCC(F)(F)F)c1ccc(Br)cn1. The van der Waals surface area contributed by atoms with E-state index in [0.29, 0.717) is 12.2 Å². The number of alkyl halides is 3. The molecule has 1 aromatic rings. The highest BCUT2D eigenvalue weighted by atomic mass is 79.9. The van der Waals surface area contributed by atoms with Crippen molar-refractivity contribution in [2.75, 3.05) is 6.54 Å². The maximum Gasteiger partial charge on any atom is 0.389 e. The Labute approximate surface area is 113 Å². The summed E-state index contributed by atoms with van der Waals surface area (Å²) in [5.41, 5.74) is 0.649. The summed E-state index contributed by atoms with van der Waals surface area (Å²) in [6.07, 6.45) is -2.44. The van der Waals surface area contributed by atoms with Gasteiger partial charge in [-0.15, -0.1) is 0 Å². The van der Waals surface area contributed by atoms with E-state index < -0.39 is 12.6 Å². The van der Waals surface area contributed by atoms with Crippen LogP contribution in [-0.4, -0.2) is 17.7 Å². The molecule has 1 heterocycles. The Hall–Kier alpha value is -0.620. The molecule has 0 aromatic carbocycles. The van der Waals surface area contributed by atoms with Crippen LogP contribution in [0.1, 0.15) is 37.9 Å². The van der Waals surface area contributed by atoms with Gasteiger partial charge in [-0.05, 0) is 47.4 Å². The van der Waals surface area contributed by atoms with Gasteiger partial charge in [0.2, 0.25) is 0 Å². The summed E-state index contributed by atoms with van der Waals surface area (Å²) >= 11 is 3.26. The van der Waals surface area contributed by atoms with Crippen LogP contribution in [0.3, 0.4) is 0 Å². The predicted molar refractivity (Wildman–Crippen MR) is 68.3 cm³/mol. The lowest BCUT2D eigenvalue weighted by Crippen LogP contribution is -2.24. The normalized spacial score (nSPS) is 13.6. The molecule has 0 saturated heterocycles. The van der Waals surface area contributed by atoms with E-state index in [1.54, 1.807) is 18.3 Å². The van der Waals surface area contributed by atoms with E-state index in [1.165, 1.54) is 0 Å². The van der Waals surface area contributed by atoms with Crippen molar-refractivity contribution in [1.29, 1.82) is 0 Å². The van der Waals surface area contributed by atoms with Gasteiger partial charge in [-0.3, -0.25) is 4.98 Å². The zero-order valence-electron chi connectivity index (χ0n) is 10.1. The van der Waals surface area contributed by atoms with E-state index in [1.807, 2.05) is 6.92 Å². The van der Waals surface area contributed by atoms with Crippen molar-refractivity contribution >= 4 is 15.9 Å². The van der Waals surface area contributed by atoms with Gasteiger partial charge in [0.1, 0.15) is 0 Å². The average Bonchev–Trinajstić information content (AvgIpc) is 2.29. The van der Waals surface area contributed by atoms with Gasteiger partial charge in [0.15, 0.2) is 0 Å². The third-order valence-electron chi connectivity index (χ3n) is 2.46. The number of nitrogens with one attached hydrogen (secondary N) is 1. The summed E-state index contributed by atoms with van der Waals surface area (Å²) in [6.45, 7) is 2.66. The molecule has 0 aliphatic carbocycles. The third-order valence-corrected chi connectivity index (χ3v) is 2.93. The molecule has 1 rings (SSSR count). The Kier molecular flexibility index (Phi) is 6.08. The van der Waals surface area contributed by atoms with Crippen LogP contribution in [0.5, 0.6) is 0 Å². The van der Waals surface area contributed by atoms with E-state index in [2.05, 4.69) is 26.2 Å². The van der Waals surface area contributed by atoms with Gasteiger partial charge in [-0.1, -0.05) is 6.92 Å². The molecule has 18 heavy (non-hydrogen) atoms. The fourth-order valence-electron chi connectivity index (χ4n) is 1.57. The van der Waals surface area contributed by atoms with Crippen molar-refractivity contribution in [3.63, 3.8) is 0 Å². The molecule has 1 unspecified atom stereocenters. The van der Waals surface area contributed by atoms with Crippen molar-refractivity contribution in [1.82, 2.24) is 10.3 Å². The van der Waals surface area contributed by atoms with Gasteiger partial charge in [-0.2, -0.15) is 13.2 Å². The third kappa shape index (κ3) is 5.82. The van der Waals surface area contributed by atoms with Gasteiger partial charge in [0.05, 0.1) is 5.69 Å². The summed E-state index contributed by atoms with van der Waals surface area (Å²) in [7, 11) is 0. The number of rotatable bonds is 6. The molecule has 6 heteroatoms. The van der Waals surface area contributed by atoms with E-state index in [0.717, 1.165) is 10.9 Å². The molecule has 0 radical (unpaired) electrons. The zero-order valence-corrected chi connectivity index (χ0v) is 11.7. The second-order valence-corrected chi connectivity index (χ2v) is 4.98. The van der Waals surface area contributed by atoms with Gasteiger partial charge < -0.3 is 5.32 Å². The quantitative estimate of drug-likeness (QED) is 0.847. The van der Waals surface area contributed by atoms with Crippen molar-refractivity contribution in [2.45, 2.75) is 38.4 Å². The van der Waals surface area contributed by atoms with Crippen LogP contribution >= 0.6 is 15.9 Å². The Bertz CT molecular complexity index is 351. The number of pyridine rings is 1. The minimum absolute atomic E-state index is 0.0120. The standard InChI is InChI=1S/C12H16BrF3N2/c1-2-7-17-11(5-6-12(14,15)16)10-4-3-9(13)8-18-10/h3-4,8,11,17H,2,5-7H2,1H3. The van der Waals surface area contributed by atoms with Gasteiger partial charge in [-0.25, -0.2) is 0 Å². The Morgan fingerprint density at radius 3 is 2.61 bits per heavy atom. The van der Waals surface area contributed by atoms with Crippen LogP contribution < -0.4 is 5.32 Å². The first kappa shape index (κ1) is 15.4. The molecule has 1 N–H and O–H groups in total. The van der Waals surface area contributed by atoms with Crippen molar-refractivity contribution < 1.29 is 13.2 Å². The fraction of sp³-hybridized carbons (Fsp3) is 0.583. The molecule has 0 saturated carbocycles. The molecular formula is C12H16BrF3N2. The summed E-state index contributed by atoms with van der Waals surface area (Å²) in [6, 6.07) is 3.18. The van der Waals surface area contributed by atoms with E-state index in [-0.39, 0.29) is 12.5 Å². The lowest BCUT2D eigenvalue weighted by molar-refractivity contribution is -0.136. The lowest BCUT2D eigenvalue weighted by atomic mass is 10.1. The van der Waals surface area contributed by atoms with E-state index >= 15 is 0 Å². The van der Waals surface area contributed by atoms with Gasteiger partial charge in [0, 0.05) is 23.1 Å². The minimum Gasteiger partial charge on any atom is -0.309 e. The Balaban J connectivity index is 2.68. The molecule has 102 valence electrons. The van der Waals surface area contributed by atoms with Crippen molar-refractivity contribution in [2.24, 2.45) is 0 Å². The highest BCUT2D eigenvalue weighted by Crippen LogP contribution is 2.27. The Morgan fingerprint density at radius 2 is 2.11 bits per heavy atom. The average molecular weight is 325 g/mol.